The van der Waals surface area contributed by atoms with Crippen LogP contribution in [0.25, 0.3) is 0 Å². The zero-order valence-electron chi connectivity index (χ0n) is 16.6. The number of carbonyl (C=O) groups excluding carboxylic acids is 2. The summed E-state index contributed by atoms with van der Waals surface area (Å²) in [6.45, 7) is 3.79. The number of amides is 2. The summed E-state index contributed by atoms with van der Waals surface area (Å²) < 4.78 is 11.0. The second-order valence-electron chi connectivity index (χ2n) is 7.51. The van der Waals surface area contributed by atoms with Gasteiger partial charge in [0.1, 0.15) is 11.5 Å². The van der Waals surface area contributed by atoms with Gasteiger partial charge < -0.3 is 20.1 Å². The van der Waals surface area contributed by atoms with Gasteiger partial charge in [0, 0.05) is 36.6 Å². The molecule has 2 aromatic carbocycles. The van der Waals surface area contributed by atoms with E-state index in [-0.39, 0.29) is 17.9 Å². The molecule has 2 N–H and O–H groups in total. The second-order valence-corrected chi connectivity index (χ2v) is 7.51. The van der Waals surface area contributed by atoms with E-state index < -0.39 is 0 Å². The van der Waals surface area contributed by atoms with Gasteiger partial charge in [0.15, 0.2) is 0 Å². The van der Waals surface area contributed by atoms with E-state index in [1.807, 2.05) is 24.3 Å². The molecule has 0 fully saturated rings. The molecule has 152 valence electrons. The zero-order valence-corrected chi connectivity index (χ0v) is 16.6. The smallest absolute Gasteiger partial charge is 0.251 e. The average molecular weight is 394 g/mol. The molecule has 0 aromatic heterocycles. The Labute approximate surface area is 170 Å². The fourth-order valence-electron chi connectivity index (χ4n) is 3.82. The van der Waals surface area contributed by atoms with Crippen molar-refractivity contribution in [1.29, 1.82) is 0 Å². The lowest BCUT2D eigenvalue weighted by atomic mass is 10.1. The summed E-state index contributed by atoms with van der Waals surface area (Å²) in [6, 6.07) is 10.9. The molecule has 4 rings (SSSR count). The van der Waals surface area contributed by atoms with Crippen LogP contribution in [0.4, 0.5) is 0 Å². The van der Waals surface area contributed by atoms with E-state index in [1.54, 1.807) is 12.1 Å². The van der Waals surface area contributed by atoms with Crippen LogP contribution in [0, 0.1) is 0 Å². The molecule has 1 unspecified atom stereocenters. The van der Waals surface area contributed by atoms with Crippen LogP contribution in [0.3, 0.4) is 0 Å². The number of ether oxygens (including phenoxy) is 2. The van der Waals surface area contributed by atoms with E-state index >= 15 is 0 Å². The summed E-state index contributed by atoms with van der Waals surface area (Å²) >= 11 is 0. The van der Waals surface area contributed by atoms with Crippen molar-refractivity contribution in [3.63, 3.8) is 0 Å². The lowest BCUT2D eigenvalue weighted by molar-refractivity contribution is 0.0906. The number of fused-ring (bicyclic) bond motifs is 2. The number of carbonyl (C=O) groups is 2. The normalized spacial score (nSPS) is 14.9. The molecule has 6 nitrogen and oxygen atoms in total. The molecular formula is C23H26N2O4. The molecule has 2 aromatic rings. The van der Waals surface area contributed by atoms with Crippen molar-refractivity contribution >= 4 is 11.8 Å². The van der Waals surface area contributed by atoms with Crippen molar-refractivity contribution in [1.82, 2.24) is 10.6 Å². The average Bonchev–Trinajstić information content (AvgIpc) is 3.39. The van der Waals surface area contributed by atoms with Gasteiger partial charge >= 0.3 is 0 Å². The minimum atomic E-state index is -0.135. The molecule has 0 radical (unpaired) electrons. The highest BCUT2D eigenvalue weighted by atomic mass is 16.5. The topological polar surface area (TPSA) is 76.7 Å². The zero-order chi connectivity index (χ0) is 20.2. The van der Waals surface area contributed by atoms with Crippen molar-refractivity contribution in [3.8, 4) is 11.5 Å². The van der Waals surface area contributed by atoms with E-state index in [4.69, 9.17) is 9.47 Å². The first-order chi connectivity index (χ1) is 14.1. The first-order valence-electron chi connectivity index (χ1n) is 10.2. The first-order valence-corrected chi connectivity index (χ1v) is 10.2. The van der Waals surface area contributed by atoms with Crippen LogP contribution in [0.2, 0.25) is 0 Å². The van der Waals surface area contributed by atoms with Gasteiger partial charge in [-0.2, -0.15) is 0 Å². The Morgan fingerprint density at radius 2 is 1.52 bits per heavy atom. The Bertz CT molecular complexity index is 925. The number of benzene rings is 2. The molecule has 2 aliphatic rings. The second kappa shape index (κ2) is 8.55. The van der Waals surface area contributed by atoms with Crippen LogP contribution in [-0.4, -0.2) is 37.6 Å². The summed E-state index contributed by atoms with van der Waals surface area (Å²) in [4.78, 5) is 25.3. The van der Waals surface area contributed by atoms with Crippen molar-refractivity contribution in [2.75, 3.05) is 19.8 Å². The van der Waals surface area contributed by atoms with Gasteiger partial charge in [0.2, 0.25) is 0 Å². The number of rotatable bonds is 7. The summed E-state index contributed by atoms with van der Waals surface area (Å²) in [5.74, 6) is 1.46. The van der Waals surface area contributed by atoms with Crippen molar-refractivity contribution in [3.05, 3.63) is 58.7 Å². The van der Waals surface area contributed by atoms with Crippen LogP contribution in [0.1, 0.15) is 51.6 Å². The van der Waals surface area contributed by atoms with Gasteiger partial charge in [-0.15, -0.1) is 0 Å². The Kier molecular flexibility index (Phi) is 5.69. The van der Waals surface area contributed by atoms with Gasteiger partial charge in [-0.3, -0.25) is 9.59 Å². The summed E-state index contributed by atoms with van der Waals surface area (Å²) in [5, 5.41) is 6.02. The highest BCUT2D eigenvalue weighted by Crippen LogP contribution is 2.26. The van der Waals surface area contributed by atoms with Gasteiger partial charge in [-0.1, -0.05) is 13.3 Å². The van der Waals surface area contributed by atoms with Crippen LogP contribution in [0.5, 0.6) is 11.5 Å². The molecule has 1 atom stereocenters. The molecule has 6 heteroatoms. The van der Waals surface area contributed by atoms with Crippen LogP contribution in [0.15, 0.2) is 36.4 Å². The lowest BCUT2D eigenvalue weighted by Gasteiger charge is -2.19. The van der Waals surface area contributed by atoms with Crippen LogP contribution < -0.4 is 20.1 Å². The SMILES string of the molecule is CCCC(CNC(=O)c1ccc2c(c1)CCO2)NC(=O)c1ccc2c(c1)CCO2. The fourth-order valence-corrected chi connectivity index (χ4v) is 3.82. The standard InChI is InChI=1S/C23H26N2O4/c1-2-3-19(25-23(27)18-5-7-21-16(13-18)9-11-29-21)14-24-22(26)17-4-6-20-15(12-17)8-10-28-20/h4-7,12-13,19H,2-3,8-11,14H2,1H3,(H,24,26)(H,25,27). The Morgan fingerprint density at radius 3 is 2.10 bits per heavy atom. The molecule has 2 amide bonds. The quantitative estimate of drug-likeness (QED) is 0.757. The molecule has 0 bridgehead atoms. The van der Waals surface area contributed by atoms with Crippen molar-refractivity contribution in [2.24, 2.45) is 0 Å². The maximum Gasteiger partial charge on any atom is 0.251 e. The molecule has 2 aliphatic heterocycles. The minimum Gasteiger partial charge on any atom is -0.493 e. The largest absolute Gasteiger partial charge is 0.493 e. The van der Waals surface area contributed by atoms with Crippen LogP contribution >= 0.6 is 0 Å². The predicted molar refractivity (Wildman–Crippen MR) is 110 cm³/mol. The van der Waals surface area contributed by atoms with Gasteiger partial charge in [-0.05, 0) is 53.9 Å². The minimum absolute atomic E-state index is 0.123. The Morgan fingerprint density at radius 1 is 0.931 bits per heavy atom. The van der Waals surface area contributed by atoms with Crippen LogP contribution in [-0.2, 0) is 12.8 Å². The van der Waals surface area contributed by atoms with Crippen molar-refractivity contribution in [2.45, 2.75) is 38.6 Å². The molecule has 29 heavy (non-hydrogen) atoms. The van der Waals surface area contributed by atoms with Gasteiger partial charge in [-0.25, -0.2) is 0 Å². The summed E-state index contributed by atoms with van der Waals surface area (Å²) in [5.41, 5.74) is 3.38. The van der Waals surface area contributed by atoms with Gasteiger partial charge in [0.05, 0.1) is 13.2 Å². The maximum atomic E-state index is 12.7. The third kappa shape index (κ3) is 4.36. The Balaban J connectivity index is 1.36. The number of hydrogen-bond acceptors (Lipinski definition) is 4. The van der Waals surface area contributed by atoms with E-state index in [9.17, 15) is 9.59 Å². The molecule has 0 aliphatic carbocycles. The third-order valence-corrected chi connectivity index (χ3v) is 5.38. The molecular weight excluding hydrogens is 368 g/mol. The van der Waals surface area contributed by atoms with E-state index in [2.05, 4.69) is 17.6 Å². The fraction of sp³-hybridized carbons (Fsp3) is 0.391. The molecule has 2 heterocycles. The Hall–Kier alpha value is -3.02. The van der Waals surface area contributed by atoms with E-state index in [0.717, 1.165) is 48.3 Å². The monoisotopic (exact) mass is 394 g/mol. The van der Waals surface area contributed by atoms with Gasteiger partial charge in [0.25, 0.3) is 11.8 Å². The maximum absolute atomic E-state index is 12.7. The van der Waals surface area contributed by atoms with E-state index in [1.165, 1.54) is 0 Å². The number of hydrogen-bond donors (Lipinski definition) is 2. The molecule has 0 spiro atoms. The predicted octanol–water partition coefficient (Wildman–Crippen LogP) is 2.88. The lowest BCUT2D eigenvalue weighted by Crippen LogP contribution is -2.43. The molecule has 0 saturated carbocycles. The third-order valence-electron chi connectivity index (χ3n) is 5.38. The van der Waals surface area contributed by atoms with Crippen molar-refractivity contribution < 1.29 is 19.1 Å². The summed E-state index contributed by atoms with van der Waals surface area (Å²) in [7, 11) is 0. The number of nitrogens with one attached hydrogen (secondary N) is 2. The first kappa shape index (κ1) is 19.3. The van der Waals surface area contributed by atoms with E-state index in [0.29, 0.717) is 30.9 Å². The molecule has 0 saturated heterocycles. The highest BCUT2D eigenvalue weighted by Gasteiger charge is 2.19. The highest BCUT2D eigenvalue weighted by molar-refractivity contribution is 5.96. The summed E-state index contributed by atoms with van der Waals surface area (Å²) in [6.07, 6.45) is 3.36.